The maximum atomic E-state index is 10.9. The number of carbonyl (C=O) groups is 2. The van der Waals surface area contributed by atoms with Crippen LogP contribution in [0.1, 0.15) is 19.3 Å². The third-order valence-electron chi connectivity index (χ3n) is 1.34. The van der Waals surface area contributed by atoms with Crippen molar-refractivity contribution >= 4 is 35.1 Å². The second kappa shape index (κ2) is 7.88. The normalized spacial score (nSPS) is 12.1. The Morgan fingerprint density at radius 3 is 2.57 bits per heavy atom. The number of carbonyl (C=O) groups excluding carboxylic acids is 1. The van der Waals surface area contributed by atoms with Gasteiger partial charge in [0.2, 0.25) is 0 Å². The second-order valence-corrected chi connectivity index (χ2v) is 3.67. The molecule has 0 aliphatic carbocycles. The van der Waals surface area contributed by atoms with Gasteiger partial charge in [-0.1, -0.05) is 0 Å². The van der Waals surface area contributed by atoms with E-state index in [9.17, 15) is 9.59 Å². The number of esters is 1. The van der Waals surface area contributed by atoms with Gasteiger partial charge in [0.15, 0.2) is 0 Å². The molecule has 0 aromatic rings. The SMILES string of the molecule is O=C(O)CC(Cl)COC(=O)CCCCl. The Balaban J connectivity index is 3.50. The predicted octanol–water partition coefficient (Wildman–Crippen LogP) is 1.63. The first-order valence-electron chi connectivity index (χ1n) is 4.13. The van der Waals surface area contributed by atoms with E-state index < -0.39 is 17.3 Å². The summed E-state index contributed by atoms with van der Waals surface area (Å²) < 4.78 is 4.71. The van der Waals surface area contributed by atoms with Crippen LogP contribution >= 0.6 is 23.2 Å². The fourth-order valence-electron chi connectivity index (χ4n) is 0.715. The molecule has 14 heavy (non-hydrogen) atoms. The van der Waals surface area contributed by atoms with E-state index in [1.54, 1.807) is 0 Å². The summed E-state index contributed by atoms with van der Waals surface area (Å²) in [6, 6.07) is 0. The summed E-state index contributed by atoms with van der Waals surface area (Å²) in [6.07, 6.45) is 0.566. The van der Waals surface area contributed by atoms with Gasteiger partial charge in [0.1, 0.15) is 6.61 Å². The molecular weight excluding hydrogens is 231 g/mol. The average molecular weight is 243 g/mol. The molecule has 1 atom stereocenters. The number of alkyl halides is 2. The third-order valence-corrected chi connectivity index (χ3v) is 1.88. The van der Waals surface area contributed by atoms with Gasteiger partial charge in [-0.2, -0.15) is 0 Å². The van der Waals surface area contributed by atoms with E-state index in [4.69, 9.17) is 33.0 Å². The highest BCUT2D eigenvalue weighted by Gasteiger charge is 2.12. The quantitative estimate of drug-likeness (QED) is 0.545. The lowest BCUT2D eigenvalue weighted by atomic mass is 10.3. The molecule has 6 heteroatoms. The molecule has 82 valence electrons. The topological polar surface area (TPSA) is 63.6 Å². The van der Waals surface area contributed by atoms with Crippen LogP contribution in [-0.4, -0.2) is 34.9 Å². The van der Waals surface area contributed by atoms with Gasteiger partial charge in [0.05, 0.1) is 11.8 Å². The van der Waals surface area contributed by atoms with Gasteiger partial charge < -0.3 is 9.84 Å². The Kier molecular flexibility index (Phi) is 7.61. The minimum Gasteiger partial charge on any atom is -0.481 e. The van der Waals surface area contributed by atoms with Gasteiger partial charge in [-0.15, -0.1) is 23.2 Å². The summed E-state index contributed by atoms with van der Waals surface area (Å²) in [7, 11) is 0. The molecule has 0 aromatic carbocycles. The Bertz CT molecular complexity index is 196. The molecule has 1 unspecified atom stereocenters. The smallest absolute Gasteiger partial charge is 0.305 e. The largest absolute Gasteiger partial charge is 0.481 e. The van der Waals surface area contributed by atoms with E-state index in [0.717, 1.165) is 0 Å². The van der Waals surface area contributed by atoms with Crippen molar-refractivity contribution in [3.8, 4) is 0 Å². The molecule has 0 aromatic heterocycles. The lowest BCUT2D eigenvalue weighted by molar-refractivity contribution is -0.145. The molecular formula is C8H12Cl2O4. The molecule has 0 saturated heterocycles. The number of halogens is 2. The number of carboxylic acid groups (broad SMARTS) is 1. The molecule has 0 saturated carbocycles. The third kappa shape index (κ3) is 8.13. The number of carboxylic acids is 1. The lowest BCUT2D eigenvalue weighted by Gasteiger charge is -2.07. The predicted molar refractivity (Wildman–Crippen MR) is 52.8 cm³/mol. The maximum Gasteiger partial charge on any atom is 0.305 e. The highest BCUT2D eigenvalue weighted by atomic mass is 35.5. The van der Waals surface area contributed by atoms with E-state index in [0.29, 0.717) is 12.3 Å². The highest BCUT2D eigenvalue weighted by molar-refractivity contribution is 6.21. The van der Waals surface area contributed by atoms with Gasteiger partial charge in [0.25, 0.3) is 0 Å². The molecule has 0 amide bonds. The summed E-state index contributed by atoms with van der Waals surface area (Å²) in [4.78, 5) is 21.1. The maximum absolute atomic E-state index is 10.9. The van der Waals surface area contributed by atoms with Crippen molar-refractivity contribution < 1.29 is 19.4 Å². The first-order chi connectivity index (χ1) is 6.56. The zero-order valence-electron chi connectivity index (χ0n) is 7.54. The molecule has 0 rings (SSSR count). The van der Waals surface area contributed by atoms with Crippen molar-refractivity contribution in [2.24, 2.45) is 0 Å². The standard InChI is InChI=1S/C8H12Cl2O4/c9-3-1-2-8(13)14-5-6(10)4-7(11)12/h6H,1-5H2,(H,11,12). The Morgan fingerprint density at radius 2 is 2.07 bits per heavy atom. The Morgan fingerprint density at radius 1 is 1.43 bits per heavy atom. The molecule has 4 nitrogen and oxygen atoms in total. The van der Waals surface area contributed by atoms with Crippen LogP contribution in [0.25, 0.3) is 0 Å². The first kappa shape index (κ1) is 13.5. The number of ether oxygens (including phenoxy) is 1. The van der Waals surface area contributed by atoms with Crippen molar-refractivity contribution in [1.29, 1.82) is 0 Å². The van der Waals surface area contributed by atoms with Crippen LogP contribution in [0.3, 0.4) is 0 Å². The molecule has 0 aliphatic rings. The zero-order chi connectivity index (χ0) is 11.0. The van der Waals surface area contributed by atoms with Crippen LogP contribution in [0.2, 0.25) is 0 Å². The van der Waals surface area contributed by atoms with Crippen LogP contribution in [0.4, 0.5) is 0 Å². The molecule has 0 fully saturated rings. The fourth-order valence-corrected chi connectivity index (χ4v) is 1.04. The van der Waals surface area contributed by atoms with E-state index >= 15 is 0 Å². The number of hydrogen-bond acceptors (Lipinski definition) is 3. The fraction of sp³-hybridized carbons (Fsp3) is 0.750. The van der Waals surface area contributed by atoms with Gasteiger partial charge >= 0.3 is 11.9 Å². The van der Waals surface area contributed by atoms with Crippen LogP contribution < -0.4 is 0 Å². The molecule has 1 N–H and O–H groups in total. The van der Waals surface area contributed by atoms with E-state index in [-0.39, 0.29) is 19.4 Å². The summed E-state index contributed by atoms with van der Waals surface area (Å²) in [6.45, 7) is -0.0744. The van der Waals surface area contributed by atoms with Crippen molar-refractivity contribution in [3.63, 3.8) is 0 Å². The second-order valence-electron chi connectivity index (χ2n) is 2.67. The van der Waals surface area contributed by atoms with Crippen LogP contribution in [0.5, 0.6) is 0 Å². The molecule has 0 spiro atoms. The minimum atomic E-state index is -1.01. The lowest BCUT2D eigenvalue weighted by Crippen LogP contribution is -2.17. The highest BCUT2D eigenvalue weighted by Crippen LogP contribution is 2.04. The Hall–Kier alpha value is -0.480. The van der Waals surface area contributed by atoms with Crippen molar-refractivity contribution in [2.45, 2.75) is 24.6 Å². The minimum absolute atomic E-state index is 0.0744. The molecule has 0 radical (unpaired) electrons. The van der Waals surface area contributed by atoms with Gasteiger partial charge in [-0.05, 0) is 6.42 Å². The van der Waals surface area contributed by atoms with Crippen LogP contribution in [0.15, 0.2) is 0 Å². The zero-order valence-corrected chi connectivity index (χ0v) is 9.05. The van der Waals surface area contributed by atoms with E-state index in [1.165, 1.54) is 0 Å². The summed E-state index contributed by atoms with van der Waals surface area (Å²) in [5.74, 6) is -1.02. The van der Waals surface area contributed by atoms with Crippen molar-refractivity contribution in [1.82, 2.24) is 0 Å². The average Bonchev–Trinajstić information content (AvgIpc) is 2.10. The van der Waals surface area contributed by atoms with E-state index in [1.807, 2.05) is 0 Å². The number of rotatable bonds is 7. The number of hydrogen-bond donors (Lipinski definition) is 1. The van der Waals surface area contributed by atoms with Crippen molar-refractivity contribution in [2.75, 3.05) is 12.5 Å². The first-order valence-corrected chi connectivity index (χ1v) is 5.10. The van der Waals surface area contributed by atoms with Gasteiger partial charge in [-0.3, -0.25) is 9.59 Å². The number of aliphatic carboxylic acids is 1. The van der Waals surface area contributed by atoms with Gasteiger partial charge in [-0.25, -0.2) is 0 Å². The van der Waals surface area contributed by atoms with Crippen LogP contribution in [-0.2, 0) is 14.3 Å². The Labute approximate surface area is 92.1 Å². The van der Waals surface area contributed by atoms with E-state index in [2.05, 4.69) is 0 Å². The monoisotopic (exact) mass is 242 g/mol. The molecule has 0 bridgehead atoms. The summed E-state index contributed by atoms with van der Waals surface area (Å²) in [5, 5.41) is 7.67. The summed E-state index contributed by atoms with van der Waals surface area (Å²) >= 11 is 10.9. The van der Waals surface area contributed by atoms with Crippen molar-refractivity contribution in [3.05, 3.63) is 0 Å². The molecule has 0 heterocycles. The summed E-state index contributed by atoms with van der Waals surface area (Å²) in [5.41, 5.74) is 0. The van der Waals surface area contributed by atoms with Crippen LogP contribution in [0, 0.1) is 0 Å². The molecule has 0 aliphatic heterocycles. The van der Waals surface area contributed by atoms with Gasteiger partial charge in [0, 0.05) is 12.3 Å².